The number of aliphatic hydroxyl groups is 1. The second-order valence-electron chi connectivity index (χ2n) is 3.12. The van der Waals surface area contributed by atoms with E-state index in [0.29, 0.717) is 0 Å². The Hall–Kier alpha value is -1.00. The Morgan fingerprint density at radius 2 is 1.77 bits per heavy atom. The average Bonchev–Trinajstić information content (AvgIpc) is 2.01. The van der Waals surface area contributed by atoms with Gasteiger partial charge in [0.1, 0.15) is 17.2 Å². The van der Waals surface area contributed by atoms with Crippen LogP contribution in [-0.2, 0) is 10.3 Å². The van der Waals surface area contributed by atoms with Gasteiger partial charge < -0.3 is 9.84 Å². The Labute approximate surface area is 73.8 Å². The fourth-order valence-corrected chi connectivity index (χ4v) is 1.38. The fraction of sp³-hybridized carbons (Fsp3) is 0.333. The first-order valence-electron chi connectivity index (χ1n) is 3.88. The van der Waals surface area contributed by atoms with Crippen LogP contribution >= 0.6 is 0 Å². The van der Waals surface area contributed by atoms with E-state index >= 15 is 0 Å². The van der Waals surface area contributed by atoms with Gasteiger partial charge in [-0.05, 0) is 12.1 Å². The van der Waals surface area contributed by atoms with Crippen molar-refractivity contribution in [1.29, 1.82) is 0 Å². The average molecular weight is 186 g/mol. The number of hydrogen-bond donors (Lipinski definition) is 1. The first-order valence-corrected chi connectivity index (χ1v) is 3.88. The molecule has 1 aromatic carbocycles. The van der Waals surface area contributed by atoms with Gasteiger partial charge >= 0.3 is 0 Å². The molecule has 4 heteroatoms. The summed E-state index contributed by atoms with van der Waals surface area (Å²) in [6.07, 6.45) is 0. The summed E-state index contributed by atoms with van der Waals surface area (Å²) < 4.78 is 30.9. The fourth-order valence-electron chi connectivity index (χ4n) is 1.38. The molecule has 1 N–H and O–H groups in total. The standard InChI is InChI=1S/C9H8F2O2/c10-6-2-1-3-7(11)8(6)9(12)4-13-5-9/h1-3,12H,4-5H2. The molecule has 0 atom stereocenters. The van der Waals surface area contributed by atoms with Crippen molar-refractivity contribution in [2.24, 2.45) is 0 Å². The van der Waals surface area contributed by atoms with E-state index in [1.807, 2.05) is 0 Å². The van der Waals surface area contributed by atoms with E-state index in [4.69, 9.17) is 4.74 Å². The van der Waals surface area contributed by atoms with Crippen molar-refractivity contribution in [2.75, 3.05) is 13.2 Å². The van der Waals surface area contributed by atoms with Crippen molar-refractivity contribution < 1.29 is 18.6 Å². The van der Waals surface area contributed by atoms with Gasteiger partial charge in [0.15, 0.2) is 0 Å². The SMILES string of the molecule is OC1(c2c(F)cccc2F)COC1. The molecule has 0 radical (unpaired) electrons. The summed E-state index contributed by atoms with van der Waals surface area (Å²) in [4.78, 5) is 0. The number of hydrogen-bond acceptors (Lipinski definition) is 2. The van der Waals surface area contributed by atoms with Gasteiger partial charge in [-0.3, -0.25) is 0 Å². The van der Waals surface area contributed by atoms with Crippen LogP contribution in [0.4, 0.5) is 8.78 Å². The molecular weight excluding hydrogens is 178 g/mol. The summed E-state index contributed by atoms with van der Waals surface area (Å²) in [6, 6.07) is 3.50. The Bertz CT molecular complexity index is 314. The van der Waals surface area contributed by atoms with Crippen LogP contribution in [0.2, 0.25) is 0 Å². The highest BCUT2D eigenvalue weighted by Crippen LogP contribution is 2.32. The number of rotatable bonds is 1. The zero-order chi connectivity index (χ0) is 9.47. The maximum atomic E-state index is 13.1. The van der Waals surface area contributed by atoms with E-state index in [-0.39, 0.29) is 18.8 Å². The van der Waals surface area contributed by atoms with Crippen molar-refractivity contribution in [2.45, 2.75) is 5.60 Å². The van der Waals surface area contributed by atoms with Crippen LogP contribution in [0.3, 0.4) is 0 Å². The van der Waals surface area contributed by atoms with Crippen LogP contribution in [0.15, 0.2) is 18.2 Å². The van der Waals surface area contributed by atoms with E-state index < -0.39 is 17.2 Å². The second-order valence-corrected chi connectivity index (χ2v) is 3.12. The Morgan fingerprint density at radius 1 is 1.23 bits per heavy atom. The summed E-state index contributed by atoms with van der Waals surface area (Å²) in [5, 5.41) is 9.64. The molecule has 0 bridgehead atoms. The van der Waals surface area contributed by atoms with Crippen molar-refractivity contribution >= 4 is 0 Å². The van der Waals surface area contributed by atoms with Crippen molar-refractivity contribution in [3.05, 3.63) is 35.4 Å². The molecule has 0 spiro atoms. The molecule has 1 aliphatic heterocycles. The van der Waals surface area contributed by atoms with Gasteiger partial charge in [0.05, 0.1) is 18.8 Å². The summed E-state index contributed by atoms with van der Waals surface area (Å²) in [5.74, 6) is -1.46. The lowest BCUT2D eigenvalue weighted by Gasteiger charge is -2.36. The van der Waals surface area contributed by atoms with Crippen molar-refractivity contribution in [1.82, 2.24) is 0 Å². The van der Waals surface area contributed by atoms with Crippen LogP contribution in [0.5, 0.6) is 0 Å². The van der Waals surface area contributed by atoms with Crippen LogP contribution < -0.4 is 0 Å². The zero-order valence-electron chi connectivity index (χ0n) is 6.76. The molecule has 1 saturated heterocycles. The summed E-state index contributed by atoms with van der Waals surface area (Å²) >= 11 is 0. The van der Waals surface area contributed by atoms with E-state index in [2.05, 4.69) is 0 Å². The lowest BCUT2D eigenvalue weighted by Crippen LogP contribution is -2.47. The smallest absolute Gasteiger partial charge is 0.142 e. The molecule has 70 valence electrons. The second kappa shape index (κ2) is 2.75. The molecule has 1 heterocycles. The molecule has 0 aromatic heterocycles. The highest BCUT2D eigenvalue weighted by atomic mass is 19.1. The lowest BCUT2D eigenvalue weighted by atomic mass is 9.91. The Morgan fingerprint density at radius 3 is 2.15 bits per heavy atom. The molecule has 1 aromatic rings. The number of halogens is 2. The quantitative estimate of drug-likeness (QED) is 0.713. The largest absolute Gasteiger partial charge is 0.380 e. The first kappa shape index (κ1) is 8.59. The maximum Gasteiger partial charge on any atom is 0.142 e. The highest BCUT2D eigenvalue weighted by molar-refractivity contribution is 5.28. The van der Waals surface area contributed by atoms with Crippen LogP contribution in [0.1, 0.15) is 5.56 Å². The third-order valence-electron chi connectivity index (χ3n) is 2.11. The monoisotopic (exact) mass is 186 g/mol. The first-order chi connectivity index (χ1) is 6.13. The molecule has 0 aliphatic carbocycles. The topological polar surface area (TPSA) is 29.5 Å². The van der Waals surface area contributed by atoms with Gasteiger partial charge in [-0.25, -0.2) is 8.78 Å². The van der Waals surface area contributed by atoms with Gasteiger partial charge in [-0.2, -0.15) is 0 Å². The molecular formula is C9H8F2O2. The predicted octanol–water partition coefficient (Wildman–Crippen LogP) is 1.18. The molecule has 0 saturated carbocycles. The van der Waals surface area contributed by atoms with Crippen molar-refractivity contribution in [3.8, 4) is 0 Å². The van der Waals surface area contributed by atoms with Gasteiger partial charge in [0.25, 0.3) is 0 Å². The Kier molecular flexibility index (Phi) is 1.82. The third kappa shape index (κ3) is 1.22. The normalized spacial score (nSPS) is 19.6. The minimum atomic E-state index is -1.48. The molecule has 1 aliphatic rings. The third-order valence-corrected chi connectivity index (χ3v) is 2.11. The van der Waals surface area contributed by atoms with E-state index in [0.717, 1.165) is 12.1 Å². The number of benzene rings is 1. The van der Waals surface area contributed by atoms with E-state index in [1.54, 1.807) is 0 Å². The van der Waals surface area contributed by atoms with E-state index in [9.17, 15) is 13.9 Å². The van der Waals surface area contributed by atoms with Gasteiger partial charge in [-0.15, -0.1) is 0 Å². The Balaban J connectivity index is 2.49. The van der Waals surface area contributed by atoms with Gasteiger partial charge in [0.2, 0.25) is 0 Å². The summed E-state index contributed by atoms with van der Waals surface area (Å²) in [6.45, 7) is -0.101. The molecule has 13 heavy (non-hydrogen) atoms. The van der Waals surface area contributed by atoms with Crippen LogP contribution in [0.25, 0.3) is 0 Å². The highest BCUT2D eigenvalue weighted by Gasteiger charge is 2.42. The molecule has 1 fully saturated rings. The number of ether oxygens (including phenoxy) is 1. The molecule has 2 rings (SSSR count). The van der Waals surface area contributed by atoms with Crippen molar-refractivity contribution in [3.63, 3.8) is 0 Å². The maximum absolute atomic E-state index is 13.1. The van der Waals surface area contributed by atoms with E-state index in [1.165, 1.54) is 6.07 Å². The predicted molar refractivity (Wildman–Crippen MR) is 41.1 cm³/mol. The van der Waals surface area contributed by atoms with Gasteiger partial charge in [0, 0.05) is 0 Å². The van der Waals surface area contributed by atoms with Gasteiger partial charge in [-0.1, -0.05) is 6.07 Å². The molecule has 0 unspecified atom stereocenters. The minimum Gasteiger partial charge on any atom is -0.380 e. The molecule has 0 amide bonds. The van der Waals surface area contributed by atoms with Crippen LogP contribution in [0, 0.1) is 11.6 Å². The summed E-state index contributed by atoms with van der Waals surface area (Å²) in [7, 11) is 0. The summed E-state index contributed by atoms with van der Waals surface area (Å²) in [5.41, 5.74) is -1.77. The lowest BCUT2D eigenvalue weighted by molar-refractivity contribution is -0.187. The minimum absolute atomic E-state index is 0.0507. The van der Waals surface area contributed by atoms with Crippen LogP contribution in [-0.4, -0.2) is 18.3 Å². The zero-order valence-corrected chi connectivity index (χ0v) is 6.76. The molecule has 2 nitrogen and oxygen atoms in total.